The third kappa shape index (κ3) is 8.13. The van der Waals surface area contributed by atoms with Crippen LogP contribution in [-0.4, -0.2) is 65.9 Å². The summed E-state index contributed by atoms with van der Waals surface area (Å²) < 4.78 is 32.1. The zero-order chi connectivity index (χ0) is 28.2. The molecule has 208 valence electrons. The minimum atomic E-state index is -0.734. The first-order valence-electron chi connectivity index (χ1n) is 12.3. The highest BCUT2D eigenvalue weighted by Gasteiger charge is 2.15. The Balaban J connectivity index is 1.60. The molecule has 0 saturated carbocycles. The molecule has 0 aliphatic heterocycles. The predicted molar refractivity (Wildman–Crippen MR) is 149 cm³/mol. The van der Waals surface area contributed by atoms with Crippen molar-refractivity contribution < 1.29 is 38.3 Å². The van der Waals surface area contributed by atoms with E-state index in [1.54, 1.807) is 77.0 Å². The first-order valence-corrected chi connectivity index (χ1v) is 12.3. The van der Waals surface area contributed by atoms with Crippen LogP contribution in [0.1, 0.15) is 16.7 Å². The van der Waals surface area contributed by atoms with E-state index in [0.29, 0.717) is 58.5 Å². The van der Waals surface area contributed by atoms with Gasteiger partial charge in [0, 0.05) is 36.3 Å². The van der Waals surface area contributed by atoms with Crippen molar-refractivity contribution in [2.24, 2.45) is 0 Å². The van der Waals surface area contributed by atoms with Gasteiger partial charge in [-0.3, -0.25) is 0 Å². The second kappa shape index (κ2) is 14.7. The molecular formula is C30H35NO8. The summed E-state index contributed by atoms with van der Waals surface area (Å²) in [5.74, 6) is 2.69. The second-order valence-electron chi connectivity index (χ2n) is 8.46. The average Bonchev–Trinajstić information content (AvgIpc) is 2.98. The van der Waals surface area contributed by atoms with Crippen LogP contribution in [0.4, 0.5) is 0 Å². The average molecular weight is 538 g/mol. The van der Waals surface area contributed by atoms with Gasteiger partial charge in [0.15, 0.2) is 0 Å². The molecule has 0 saturated heterocycles. The molecule has 1 atom stereocenters. The van der Waals surface area contributed by atoms with Crippen LogP contribution in [0.5, 0.6) is 28.7 Å². The van der Waals surface area contributed by atoms with Crippen molar-refractivity contribution in [1.29, 1.82) is 0 Å². The van der Waals surface area contributed by atoms with Gasteiger partial charge in [-0.25, -0.2) is 4.79 Å². The van der Waals surface area contributed by atoms with Crippen LogP contribution in [0.3, 0.4) is 0 Å². The van der Waals surface area contributed by atoms with E-state index in [2.05, 4.69) is 5.32 Å². The van der Waals surface area contributed by atoms with Crippen molar-refractivity contribution in [3.05, 3.63) is 77.4 Å². The van der Waals surface area contributed by atoms with Gasteiger partial charge in [-0.15, -0.1) is 0 Å². The van der Waals surface area contributed by atoms with Crippen molar-refractivity contribution in [1.82, 2.24) is 5.32 Å². The van der Waals surface area contributed by atoms with Gasteiger partial charge in [0.25, 0.3) is 0 Å². The summed E-state index contributed by atoms with van der Waals surface area (Å²) in [5.41, 5.74) is 2.64. The van der Waals surface area contributed by atoms with E-state index in [9.17, 15) is 9.90 Å². The van der Waals surface area contributed by atoms with Gasteiger partial charge < -0.3 is 38.8 Å². The molecule has 0 aliphatic rings. The highest BCUT2D eigenvalue weighted by Crippen LogP contribution is 2.30. The van der Waals surface area contributed by atoms with Gasteiger partial charge in [0.05, 0.1) is 41.1 Å². The third-order valence-electron chi connectivity index (χ3n) is 5.94. The Labute approximate surface area is 228 Å². The van der Waals surface area contributed by atoms with Crippen molar-refractivity contribution in [3.8, 4) is 28.7 Å². The third-order valence-corrected chi connectivity index (χ3v) is 5.94. The molecule has 9 heteroatoms. The van der Waals surface area contributed by atoms with Crippen molar-refractivity contribution in [3.63, 3.8) is 0 Å². The van der Waals surface area contributed by atoms with Crippen LogP contribution in [-0.2, 0) is 16.1 Å². The summed E-state index contributed by atoms with van der Waals surface area (Å²) in [6, 6.07) is 17.9. The van der Waals surface area contributed by atoms with Crippen molar-refractivity contribution in [2.75, 3.05) is 48.7 Å². The molecule has 3 aromatic rings. The van der Waals surface area contributed by atoms with E-state index in [1.165, 1.54) is 7.11 Å². The molecule has 39 heavy (non-hydrogen) atoms. The van der Waals surface area contributed by atoms with Crippen LogP contribution in [0.2, 0.25) is 0 Å². The van der Waals surface area contributed by atoms with Crippen molar-refractivity contribution in [2.45, 2.75) is 12.6 Å². The molecule has 0 aliphatic carbocycles. The number of ether oxygens (including phenoxy) is 6. The van der Waals surface area contributed by atoms with Crippen LogP contribution < -0.4 is 29.0 Å². The molecule has 1 unspecified atom stereocenters. The number of carbonyl (C=O) groups excluding carboxylic acids is 1. The predicted octanol–water partition coefficient (Wildman–Crippen LogP) is 3.96. The van der Waals surface area contributed by atoms with Crippen LogP contribution in [0, 0.1) is 0 Å². The van der Waals surface area contributed by atoms with Crippen LogP contribution >= 0.6 is 0 Å². The largest absolute Gasteiger partial charge is 0.497 e. The summed E-state index contributed by atoms with van der Waals surface area (Å²) >= 11 is 0. The number of benzene rings is 3. The monoisotopic (exact) mass is 537 g/mol. The SMILES string of the molecule is COC(=O)/C(=C/c1ccc(OC)cc1OC)c1ccc(OCC(O)CNCc2ccc(OC)cc2OC)cc1. The Kier molecular flexibility index (Phi) is 11.0. The number of hydrogen-bond acceptors (Lipinski definition) is 9. The van der Waals surface area contributed by atoms with Gasteiger partial charge >= 0.3 is 5.97 Å². The smallest absolute Gasteiger partial charge is 0.338 e. The number of esters is 1. The number of methoxy groups -OCH3 is 5. The molecule has 0 bridgehead atoms. The summed E-state index contributed by atoms with van der Waals surface area (Å²) in [6.07, 6.45) is 0.967. The number of rotatable bonds is 14. The minimum absolute atomic E-state index is 0.0921. The molecule has 0 amide bonds. The van der Waals surface area contributed by atoms with E-state index < -0.39 is 12.1 Å². The Morgan fingerprint density at radius 3 is 2.05 bits per heavy atom. The first kappa shape index (κ1) is 29.3. The topological polar surface area (TPSA) is 105 Å². The maximum Gasteiger partial charge on any atom is 0.338 e. The maximum atomic E-state index is 12.6. The zero-order valence-electron chi connectivity index (χ0n) is 22.9. The summed E-state index contributed by atoms with van der Waals surface area (Å²) in [7, 11) is 7.66. The van der Waals surface area contributed by atoms with E-state index in [0.717, 1.165) is 5.56 Å². The van der Waals surface area contributed by atoms with E-state index in [1.807, 2.05) is 18.2 Å². The highest BCUT2D eigenvalue weighted by molar-refractivity contribution is 6.21. The fourth-order valence-electron chi connectivity index (χ4n) is 3.82. The van der Waals surface area contributed by atoms with E-state index >= 15 is 0 Å². The molecule has 0 radical (unpaired) electrons. The molecule has 0 spiro atoms. The fraction of sp³-hybridized carbons (Fsp3) is 0.300. The first-order chi connectivity index (χ1) is 18.9. The van der Waals surface area contributed by atoms with Gasteiger partial charge in [-0.05, 0) is 42.0 Å². The molecule has 0 aromatic heterocycles. The molecule has 0 fully saturated rings. The van der Waals surface area contributed by atoms with Crippen LogP contribution in [0.25, 0.3) is 11.6 Å². The lowest BCUT2D eigenvalue weighted by molar-refractivity contribution is -0.133. The molecule has 9 nitrogen and oxygen atoms in total. The van der Waals surface area contributed by atoms with Gasteiger partial charge in [-0.2, -0.15) is 0 Å². The summed E-state index contributed by atoms with van der Waals surface area (Å²) in [5, 5.41) is 13.6. The van der Waals surface area contributed by atoms with Crippen molar-refractivity contribution >= 4 is 17.6 Å². The lowest BCUT2D eigenvalue weighted by Crippen LogP contribution is -2.31. The number of hydrogen-bond donors (Lipinski definition) is 2. The standard InChI is InChI=1S/C30H35NO8/c1-34-25-12-8-21(28(15-25)36-3)14-27(30(33)38-5)20-6-10-24(11-7-20)39-19-23(32)18-31-17-22-9-13-26(35-2)16-29(22)37-4/h6-16,23,31-32H,17-19H2,1-5H3/b27-14+. The number of carbonyl (C=O) groups is 1. The summed E-state index contributed by atoms with van der Waals surface area (Å²) in [4.78, 5) is 12.6. The molecule has 2 N–H and O–H groups in total. The highest BCUT2D eigenvalue weighted by atomic mass is 16.5. The zero-order valence-corrected chi connectivity index (χ0v) is 22.9. The lowest BCUT2D eigenvalue weighted by Gasteiger charge is -2.15. The lowest BCUT2D eigenvalue weighted by atomic mass is 10.0. The quantitative estimate of drug-likeness (QED) is 0.180. The summed E-state index contributed by atoms with van der Waals surface area (Å²) in [6.45, 7) is 0.932. The molecule has 3 rings (SSSR count). The van der Waals surface area contributed by atoms with Crippen LogP contribution in [0.15, 0.2) is 60.7 Å². The number of nitrogens with one attached hydrogen (secondary N) is 1. The van der Waals surface area contributed by atoms with E-state index in [4.69, 9.17) is 28.4 Å². The molecule has 0 heterocycles. The Morgan fingerprint density at radius 2 is 1.44 bits per heavy atom. The maximum absolute atomic E-state index is 12.6. The number of aliphatic hydroxyl groups excluding tert-OH is 1. The Bertz CT molecular complexity index is 1260. The second-order valence-corrected chi connectivity index (χ2v) is 8.46. The normalized spacial score (nSPS) is 11.9. The molecular weight excluding hydrogens is 502 g/mol. The van der Waals surface area contributed by atoms with Gasteiger partial charge in [0.1, 0.15) is 41.5 Å². The fourth-order valence-corrected chi connectivity index (χ4v) is 3.82. The minimum Gasteiger partial charge on any atom is -0.497 e. The van der Waals surface area contributed by atoms with E-state index in [-0.39, 0.29) is 6.61 Å². The Morgan fingerprint density at radius 1 is 0.821 bits per heavy atom. The number of aliphatic hydroxyl groups is 1. The van der Waals surface area contributed by atoms with Gasteiger partial charge in [-0.1, -0.05) is 18.2 Å². The van der Waals surface area contributed by atoms with Gasteiger partial charge in [0.2, 0.25) is 0 Å². The Hall–Kier alpha value is -4.21. The molecule has 3 aromatic carbocycles.